The van der Waals surface area contributed by atoms with E-state index in [4.69, 9.17) is 18.9 Å². The molecule has 1 rings (SSSR count). The number of aliphatic hydroxyl groups excluding tert-OH is 3. The zero-order chi connectivity index (χ0) is 48.9. The molecular formula is C54H102O12S. The quantitative estimate of drug-likeness (QED) is 0.0197. The normalized spacial score (nSPS) is 19.5. The van der Waals surface area contributed by atoms with Gasteiger partial charge in [0.15, 0.2) is 6.29 Å². The van der Waals surface area contributed by atoms with E-state index in [1.54, 1.807) is 0 Å². The summed E-state index contributed by atoms with van der Waals surface area (Å²) >= 11 is 0. The van der Waals surface area contributed by atoms with E-state index in [1.165, 1.54) is 167 Å². The van der Waals surface area contributed by atoms with Gasteiger partial charge in [-0.15, -0.1) is 0 Å². The molecule has 6 unspecified atom stereocenters. The van der Waals surface area contributed by atoms with E-state index in [1.807, 2.05) is 0 Å². The number of allylic oxidation sites excluding steroid dienone is 4. The van der Waals surface area contributed by atoms with Gasteiger partial charge in [-0.25, -0.2) is 4.18 Å². The molecule has 396 valence electrons. The average molecular weight is 975 g/mol. The third-order valence-electron chi connectivity index (χ3n) is 12.8. The molecule has 12 nitrogen and oxygen atoms in total. The second kappa shape index (κ2) is 45.7. The topological polar surface area (TPSA) is 178 Å². The van der Waals surface area contributed by atoms with Gasteiger partial charge in [0.05, 0.1) is 19.8 Å². The van der Waals surface area contributed by atoms with Gasteiger partial charge in [-0.1, -0.05) is 205 Å². The van der Waals surface area contributed by atoms with Crippen molar-refractivity contribution in [2.45, 2.75) is 288 Å². The van der Waals surface area contributed by atoms with E-state index >= 15 is 0 Å². The number of esters is 1. The minimum Gasteiger partial charge on any atom is -0.457 e. The van der Waals surface area contributed by atoms with Gasteiger partial charge in [-0.2, -0.15) is 8.42 Å². The first kappa shape index (κ1) is 63.6. The summed E-state index contributed by atoms with van der Waals surface area (Å²) < 4.78 is 59.3. The second-order valence-corrected chi connectivity index (χ2v) is 20.2. The lowest BCUT2D eigenvalue weighted by molar-refractivity contribution is -0.301. The van der Waals surface area contributed by atoms with Crippen LogP contribution in [0, 0.1) is 0 Å². The number of ether oxygens (including phenoxy) is 4. The maximum Gasteiger partial charge on any atom is 0.397 e. The fourth-order valence-electron chi connectivity index (χ4n) is 8.61. The van der Waals surface area contributed by atoms with Gasteiger partial charge >= 0.3 is 16.4 Å². The van der Waals surface area contributed by atoms with E-state index in [-0.39, 0.29) is 19.6 Å². The smallest absolute Gasteiger partial charge is 0.397 e. The molecule has 0 aliphatic carbocycles. The van der Waals surface area contributed by atoms with Crippen LogP contribution in [0.2, 0.25) is 0 Å². The molecule has 1 fully saturated rings. The predicted octanol–water partition coefficient (Wildman–Crippen LogP) is 13.1. The van der Waals surface area contributed by atoms with Crippen molar-refractivity contribution in [2.75, 3.05) is 26.4 Å². The molecule has 1 heterocycles. The Hall–Kier alpha value is -1.42. The molecule has 1 aliphatic rings. The number of carbonyl (C=O) groups excluding carboxylic acids is 1. The fourth-order valence-corrected chi connectivity index (χ4v) is 9.11. The zero-order valence-corrected chi connectivity index (χ0v) is 43.5. The zero-order valence-electron chi connectivity index (χ0n) is 42.7. The van der Waals surface area contributed by atoms with Crippen LogP contribution in [0.15, 0.2) is 24.3 Å². The number of carbonyl (C=O) groups is 1. The molecule has 0 aromatic rings. The van der Waals surface area contributed by atoms with Gasteiger partial charge in [-0.3, -0.25) is 9.35 Å². The molecule has 1 saturated heterocycles. The summed E-state index contributed by atoms with van der Waals surface area (Å²) in [6, 6.07) is 0. The van der Waals surface area contributed by atoms with Crippen molar-refractivity contribution in [1.29, 1.82) is 0 Å². The van der Waals surface area contributed by atoms with Gasteiger partial charge in [-0.05, 0) is 64.2 Å². The third-order valence-corrected chi connectivity index (χ3v) is 13.3. The Balaban J connectivity index is 2.30. The van der Waals surface area contributed by atoms with Gasteiger partial charge < -0.3 is 34.3 Å². The summed E-state index contributed by atoms with van der Waals surface area (Å²) in [5, 5.41) is 30.8. The van der Waals surface area contributed by atoms with E-state index in [9.17, 15) is 33.1 Å². The molecule has 0 aromatic heterocycles. The van der Waals surface area contributed by atoms with Crippen LogP contribution >= 0.6 is 0 Å². The molecule has 0 bridgehead atoms. The minimum atomic E-state index is -5.06. The molecular weight excluding hydrogens is 873 g/mol. The Morgan fingerprint density at radius 1 is 0.552 bits per heavy atom. The highest BCUT2D eigenvalue weighted by Crippen LogP contribution is 2.26. The van der Waals surface area contributed by atoms with Gasteiger partial charge in [0.25, 0.3) is 0 Å². The van der Waals surface area contributed by atoms with Crippen molar-refractivity contribution in [3.63, 3.8) is 0 Å². The van der Waals surface area contributed by atoms with Gasteiger partial charge in [0.1, 0.15) is 30.5 Å². The summed E-state index contributed by atoms with van der Waals surface area (Å²) in [5.74, 6) is -0.404. The Bertz CT molecular complexity index is 1260. The molecule has 4 N–H and O–H groups in total. The highest BCUT2D eigenvalue weighted by Gasteiger charge is 2.48. The molecule has 0 spiro atoms. The largest absolute Gasteiger partial charge is 0.457 e. The Kier molecular flexibility index (Phi) is 43.4. The first-order valence-corrected chi connectivity index (χ1v) is 29.0. The molecule has 6 atom stereocenters. The Morgan fingerprint density at radius 3 is 1.34 bits per heavy atom. The number of hydrogen-bond donors (Lipinski definition) is 4. The van der Waals surface area contributed by atoms with Crippen LogP contribution in [0.25, 0.3) is 0 Å². The second-order valence-electron chi connectivity index (χ2n) is 19.2. The predicted molar refractivity (Wildman–Crippen MR) is 271 cm³/mol. The SMILES string of the molecule is CCCCCCCCC/C=C\CCCCCCCC(=O)OC(COCCCCCCCCCCCCCC/C=C\CCCCCCCCCC)COC1OC(CO)C(O)C(OS(=O)(=O)O)C1O. The van der Waals surface area contributed by atoms with E-state index in [0.29, 0.717) is 13.0 Å². The van der Waals surface area contributed by atoms with Crippen molar-refractivity contribution >= 4 is 16.4 Å². The van der Waals surface area contributed by atoms with Crippen molar-refractivity contribution in [2.24, 2.45) is 0 Å². The van der Waals surface area contributed by atoms with Crippen LogP contribution in [0.3, 0.4) is 0 Å². The third kappa shape index (κ3) is 39.0. The lowest BCUT2D eigenvalue weighted by atomic mass is 9.99. The first-order chi connectivity index (χ1) is 32.6. The van der Waals surface area contributed by atoms with E-state index in [0.717, 1.165) is 57.8 Å². The highest BCUT2D eigenvalue weighted by molar-refractivity contribution is 7.80. The van der Waals surface area contributed by atoms with Crippen molar-refractivity contribution < 1.29 is 56.2 Å². The number of hydrogen-bond acceptors (Lipinski definition) is 11. The van der Waals surface area contributed by atoms with Crippen molar-refractivity contribution in [3.05, 3.63) is 24.3 Å². The number of rotatable bonds is 49. The lowest BCUT2D eigenvalue weighted by Crippen LogP contribution is -2.60. The fraction of sp³-hybridized carbons (Fsp3) is 0.907. The molecule has 0 saturated carbocycles. The monoisotopic (exact) mass is 975 g/mol. The maximum absolute atomic E-state index is 12.9. The van der Waals surface area contributed by atoms with Crippen LogP contribution in [0.4, 0.5) is 0 Å². The molecule has 13 heteroatoms. The standard InChI is InChI=1S/C54H102O12S/c1-3-5-7-9-11-13-15-17-19-21-22-23-24-25-26-27-28-30-32-34-36-38-40-42-44-62-46-48(47-63-54-52(58)53(66-67(59,60)61)51(57)49(45-55)65-54)64-50(56)43-41-39-37-35-33-31-29-20-18-16-14-12-10-8-6-4-2/h20-22,29,48-49,51-55,57-58H,3-19,23-28,30-47H2,1-2H3,(H,59,60,61)/b22-21-,29-20-. The maximum atomic E-state index is 12.9. The Labute approximate surface area is 410 Å². The van der Waals surface area contributed by atoms with E-state index < -0.39 is 59.8 Å². The first-order valence-electron chi connectivity index (χ1n) is 27.6. The summed E-state index contributed by atoms with van der Waals surface area (Å²) in [7, 11) is -5.06. The summed E-state index contributed by atoms with van der Waals surface area (Å²) in [5.41, 5.74) is 0. The Morgan fingerprint density at radius 2 is 0.940 bits per heavy atom. The van der Waals surface area contributed by atoms with Crippen LogP contribution in [-0.4, -0.2) is 97.5 Å². The number of aliphatic hydroxyl groups is 3. The van der Waals surface area contributed by atoms with Crippen LogP contribution in [-0.2, 0) is 38.3 Å². The highest BCUT2D eigenvalue weighted by atomic mass is 32.3. The minimum absolute atomic E-state index is 0.0358. The van der Waals surface area contributed by atoms with Gasteiger partial charge in [0, 0.05) is 13.0 Å². The van der Waals surface area contributed by atoms with Crippen LogP contribution in [0.1, 0.15) is 251 Å². The molecule has 1 aliphatic heterocycles. The van der Waals surface area contributed by atoms with E-state index in [2.05, 4.69) is 42.3 Å². The van der Waals surface area contributed by atoms with Crippen molar-refractivity contribution in [3.8, 4) is 0 Å². The lowest BCUT2D eigenvalue weighted by Gasteiger charge is -2.41. The average Bonchev–Trinajstić information content (AvgIpc) is 3.30. The van der Waals surface area contributed by atoms with Crippen LogP contribution < -0.4 is 0 Å². The molecule has 0 amide bonds. The van der Waals surface area contributed by atoms with Crippen molar-refractivity contribution in [1.82, 2.24) is 0 Å². The number of unbranched alkanes of at least 4 members (excludes halogenated alkanes) is 32. The summed E-state index contributed by atoms with van der Waals surface area (Å²) in [6.07, 6.45) is 45.0. The molecule has 67 heavy (non-hydrogen) atoms. The van der Waals surface area contributed by atoms with Crippen LogP contribution in [0.5, 0.6) is 0 Å². The molecule has 0 radical (unpaired) electrons. The summed E-state index contributed by atoms with van der Waals surface area (Å²) in [6.45, 7) is 4.02. The summed E-state index contributed by atoms with van der Waals surface area (Å²) in [4.78, 5) is 12.9. The van der Waals surface area contributed by atoms with Gasteiger partial charge in [0.2, 0.25) is 0 Å². The molecule has 0 aromatic carbocycles.